The van der Waals surface area contributed by atoms with Crippen molar-refractivity contribution in [2.24, 2.45) is 0 Å². The largest absolute Gasteiger partial charge is 0.366 e. The molecule has 1 aromatic heterocycles. The molecule has 4 nitrogen and oxygen atoms in total. The molecule has 0 saturated carbocycles. The highest BCUT2D eigenvalue weighted by atomic mass is 15.2. The molecular formula is C17H22N4. The van der Waals surface area contributed by atoms with Crippen molar-refractivity contribution < 1.29 is 0 Å². The fourth-order valence-electron chi connectivity index (χ4n) is 2.74. The van der Waals surface area contributed by atoms with Crippen molar-refractivity contribution in [1.29, 1.82) is 0 Å². The summed E-state index contributed by atoms with van der Waals surface area (Å²) in [5.41, 5.74) is 4.58. The average Bonchev–Trinajstić information content (AvgIpc) is 2.52. The number of piperidine rings is 1. The molecule has 1 fully saturated rings. The Bertz CT molecular complexity index is 601. The van der Waals surface area contributed by atoms with Crippen LogP contribution in [0.1, 0.15) is 24.0 Å². The zero-order valence-corrected chi connectivity index (χ0v) is 12.7. The minimum absolute atomic E-state index is 0.507. The van der Waals surface area contributed by atoms with Crippen LogP contribution in [-0.2, 0) is 0 Å². The maximum Gasteiger partial charge on any atom is 0.148 e. The molecule has 4 heteroatoms. The highest BCUT2D eigenvalue weighted by molar-refractivity contribution is 5.64. The van der Waals surface area contributed by atoms with Gasteiger partial charge < -0.3 is 10.6 Å². The van der Waals surface area contributed by atoms with E-state index in [1.54, 1.807) is 0 Å². The molecule has 0 spiro atoms. The average molecular weight is 282 g/mol. The van der Waals surface area contributed by atoms with E-state index in [-0.39, 0.29) is 0 Å². The third kappa shape index (κ3) is 3.39. The Morgan fingerprint density at radius 3 is 2.57 bits per heavy atom. The summed E-state index contributed by atoms with van der Waals surface area (Å²) >= 11 is 0. The molecule has 0 unspecified atom stereocenters. The summed E-state index contributed by atoms with van der Waals surface area (Å²) in [7, 11) is 0. The van der Waals surface area contributed by atoms with Crippen molar-refractivity contribution in [1.82, 2.24) is 15.5 Å². The molecule has 0 radical (unpaired) electrons. The van der Waals surface area contributed by atoms with E-state index < -0.39 is 0 Å². The van der Waals surface area contributed by atoms with Crippen molar-refractivity contribution in [2.45, 2.75) is 32.7 Å². The zero-order chi connectivity index (χ0) is 14.7. The van der Waals surface area contributed by atoms with E-state index >= 15 is 0 Å². The van der Waals surface area contributed by atoms with Gasteiger partial charge in [-0.05, 0) is 63.5 Å². The lowest BCUT2D eigenvalue weighted by Gasteiger charge is -2.23. The standard InChI is InChI=1S/C17H22N4/c1-12-3-4-13(2)15(11-12)16-5-6-17(21-20-16)19-14-7-9-18-10-8-14/h3-6,11,14,18H,7-10H2,1-2H3,(H,19,21). The molecule has 1 aliphatic heterocycles. The summed E-state index contributed by atoms with van der Waals surface area (Å²) in [6, 6.07) is 11.0. The summed E-state index contributed by atoms with van der Waals surface area (Å²) in [5, 5.41) is 15.6. The van der Waals surface area contributed by atoms with Crippen LogP contribution in [0, 0.1) is 13.8 Å². The molecule has 2 heterocycles. The molecule has 0 bridgehead atoms. The molecule has 21 heavy (non-hydrogen) atoms. The number of aromatic nitrogens is 2. The molecule has 1 aromatic carbocycles. The molecule has 1 saturated heterocycles. The molecule has 0 aliphatic carbocycles. The van der Waals surface area contributed by atoms with Gasteiger partial charge in [0.05, 0.1) is 5.69 Å². The Balaban J connectivity index is 1.75. The fraction of sp³-hybridized carbons (Fsp3) is 0.412. The first-order valence-corrected chi connectivity index (χ1v) is 7.61. The van der Waals surface area contributed by atoms with Crippen LogP contribution in [0.3, 0.4) is 0 Å². The number of nitrogens with one attached hydrogen (secondary N) is 2. The summed E-state index contributed by atoms with van der Waals surface area (Å²) in [4.78, 5) is 0. The van der Waals surface area contributed by atoms with Crippen LogP contribution in [0.5, 0.6) is 0 Å². The van der Waals surface area contributed by atoms with Crippen LogP contribution in [0.25, 0.3) is 11.3 Å². The van der Waals surface area contributed by atoms with Gasteiger partial charge in [-0.3, -0.25) is 0 Å². The maximum atomic E-state index is 4.39. The molecular weight excluding hydrogens is 260 g/mol. The Morgan fingerprint density at radius 2 is 1.86 bits per heavy atom. The van der Waals surface area contributed by atoms with Gasteiger partial charge in [0.1, 0.15) is 5.82 Å². The van der Waals surface area contributed by atoms with Gasteiger partial charge in [0.2, 0.25) is 0 Å². The maximum absolute atomic E-state index is 4.39. The van der Waals surface area contributed by atoms with Crippen LogP contribution in [0.15, 0.2) is 30.3 Å². The number of hydrogen-bond acceptors (Lipinski definition) is 4. The van der Waals surface area contributed by atoms with E-state index in [1.165, 1.54) is 11.1 Å². The summed E-state index contributed by atoms with van der Waals surface area (Å²) in [6.45, 7) is 6.36. The second-order valence-corrected chi connectivity index (χ2v) is 5.79. The molecule has 3 rings (SSSR count). The van der Waals surface area contributed by atoms with Gasteiger partial charge in [-0.15, -0.1) is 10.2 Å². The quantitative estimate of drug-likeness (QED) is 0.909. The highest BCUT2D eigenvalue weighted by Gasteiger charge is 2.13. The molecule has 2 aromatic rings. The summed E-state index contributed by atoms with van der Waals surface area (Å²) in [6.07, 6.45) is 2.28. The van der Waals surface area contributed by atoms with E-state index in [9.17, 15) is 0 Å². The van der Waals surface area contributed by atoms with Crippen LogP contribution >= 0.6 is 0 Å². The molecule has 1 aliphatic rings. The van der Waals surface area contributed by atoms with Gasteiger partial charge in [-0.1, -0.05) is 17.7 Å². The van der Waals surface area contributed by atoms with Crippen LogP contribution in [-0.4, -0.2) is 29.3 Å². The number of rotatable bonds is 3. The molecule has 0 atom stereocenters. The van der Waals surface area contributed by atoms with E-state index in [1.807, 2.05) is 6.07 Å². The molecule has 110 valence electrons. The second-order valence-electron chi connectivity index (χ2n) is 5.79. The number of nitrogens with zero attached hydrogens (tertiary/aromatic N) is 2. The normalized spacial score (nSPS) is 15.9. The minimum atomic E-state index is 0.507. The number of hydrogen-bond donors (Lipinski definition) is 2. The van der Waals surface area contributed by atoms with Gasteiger partial charge in [0.25, 0.3) is 0 Å². The van der Waals surface area contributed by atoms with E-state index in [2.05, 4.69) is 58.9 Å². The first kappa shape index (κ1) is 14.0. The first-order chi connectivity index (χ1) is 10.2. The Labute approximate surface area is 126 Å². The van der Waals surface area contributed by atoms with Crippen LogP contribution in [0.2, 0.25) is 0 Å². The van der Waals surface area contributed by atoms with Gasteiger partial charge in [-0.2, -0.15) is 0 Å². The lowest BCUT2D eigenvalue weighted by molar-refractivity contribution is 0.478. The fourth-order valence-corrected chi connectivity index (χ4v) is 2.74. The van der Waals surface area contributed by atoms with Gasteiger partial charge in [-0.25, -0.2) is 0 Å². The predicted octanol–water partition coefficient (Wildman–Crippen LogP) is 2.92. The van der Waals surface area contributed by atoms with E-state index in [0.29, 0.717) is 6.04 Å². The van der Waals surface area contributed by atoms with E-state index in [4.69, 9.17) is 0 Å². The Morgan fingerprint density at radius 1 is 1.05 bits per heavy atom. The Hall–Kier alpha value is -1.94. The van der Waals surface area contributed by atoms with Crippen molar-refractivity contribution in [2.75, 3.05) is 18.4 Å². The topological polar surface area (TPSA) is 49.8 Å². The van der Waals surface area contributed by atoms with Crippen LogP contribution in [0.4, 0.5) is 5.82 Å². The number of anilines is 1. The zero-order valence-electron chi connectivity index (χ0n) is 12.7. The smallest absolute Gasteiger partial charge is 0.148 e. The van der Waals surface area contributed by atoms with Crippen molar-refractivity contribution >= 4 is 5.82 Å². The number of aryl methyl sites for hydroxylation is 2. The molecule has 2 N–H and O–H groups in total. The van der Waals surface area contributed by atoms with Gasteiger partial charge in [0.15, 0.2) is 0 Å². The predicted molar refractivity (Wildman–Crippen MR) is 86.5 cm³/mol. The third-order valence-electron chi connectivity index (χ3n) is 4.02. The summed E-state index contributed by atoms with van der Waals surface area (Å²) < 4.78 is 0. The number of benzene rings is 1. The van der Waals surface area contributed by atoms with Gasteiger partial charge >= 0.3 is 0 Å². The SMILES string of the molecule is Cc1ccc(C)c(-c2ccc(NC3CCNCC3)nn2)c1. The van der Waals surface area contributed by atoms with Crippen molar-refractivity contribution in [3.05, 3.63) is 41.5 Å². The van der Waals surface area contributed by atoms with Crippen LogP contribution < -0.4 is 10.6 Å². The summed E-state index contributed by atoms with van der Waals surface area (Å²) in [5.74, 6) is 0.871. The monoisotopic (exact) mass is 282 g/mol. The highest BCUT2D eigenvalue weighted by Crippen LogP contribution is 2.23. The lowest BCUT2D eigenvalue weighted by atomic mass is 10.0. The van der Waals surface area contributed by atoms with E-state index in [0.717, 1.165) is 43.0 Å². The van der Waals surface area contributed by atoms with Gasteiger partial charge in [0, 0.05) is 11.6 Å². The molecule has 0 amide bonds. The Kier molecular flexibility index (Phi) is 4.15. The van der Waals surface area contributed by atoms with Crippen molar-refractivity contribution in [3.8, 4) is 11.3 Å². The minimum Gasteiger partial charge on any atom is -0.366 e. The third-order valence-corrected chi connectivity index (χ3v) is 4.02. The lowest BCUT2D eigenvalue weighted by Crippen LogP contribution is -2.35. The second kappa shape index (κ2) is 6.22. The van der Waals surface area contributed by atoms with Crippen molar-refractivity contribution in [3.63, 3.8) is 0 Å². The first-order valence-electron chi connectivity index (χ1n) is 7.61.